The van der Waals surface area contributed by atoms with E-state index < -0.39 is 11.5 Å². The van der Waals surface area contributed by atoms with Gasteiger partial charge in [-0.15, -0.1) is 0 Å². The van der Waals surface area contributed by atoms with Crippen molar-refractivity contribution in [1.29, 1.82) is 0 Å². The zero-order chi connectivity index (χ0) is 15.0. The smallest absolute Gasteiger partial charge is 0.241 e. The molecule has 5 nitrogen and oxygen atoms in total. The Hall–Kier alpha value is -1.69. The van der Waals surface area contributed by atoms with E-state index >= 15 is 0 Å². The van der Waals surface area contributed by atoms with Crippen LogP contribution < -0.4 is 10.9 Å². The van der Waals surface area contributed by atoms with Crippen LogP contribution in [-0.2, 0) is 4.79 Å². The van der Waals surface area contributed by atoms with Gasteiger partial charge in [0.05, 0.1) is 17.7 Å². The molecule has 1 aromatic rings. The number of rotatable bonds is 8. The Balaban J connectivity index is 2.49. The third-order valence-electron chi connectivity index (χ3n) is 2.99. The monoisotopic (exact) mass is 283 g/mol. The first kappa shape index (κ1) is 16.4. The second-order valence-corrected chi connectivity index (χ2v) is 4.94. The Morgan fingerprint density at radius 1 is 1.40 bits per heavy atom. The molecule has 0 radical (unpaired) electrons. The molecule has 0 aliphatic heterocycles. The van der Waals surface area contributed by atoms with Crippen molar-refractivity contribution in [2.45, 2.75) is 51.6 Å². The molecule has 112 valence electrons. The molecule has 3 N–H and O–H groups in total. The summed E-state index contributed by atoms with van der Waals surface area (Å²) in [6, 6.07) is 2.71. The van der Waals surface area contributed by atoms with Gasteiger partial charge in [-0.05, 0) is 18.9 Å². The Labute approximate surface area is 118 Å². The lowest BCUT2D eigenvalue weighted by Crippen LogP contribution is -2.39. The SMILES string of the molecule is CCCC(O)(CCC)CC(=O)NNc1ccnc(F)c1. The highest BCUT2D eigenvalue weighted by Gasteiger charge is 2.28. The number of amides is 1. The number of hydrogen-bond donors (Lipinski definition) is 3. The summed E-state index contributed by atoms with van der Waals surface area (Å²) in [4.78, 5) is 15.2. The van der Waals surface area contributed by atoms with Crippen LogP contribution in [0.4, 0.5) is 10.1 Å². The third kappa shape index (κ3) is 5.52. The fourth-order valence-corrected chi connectivity index (χ4v) is 2.20. The van der Waals surface area contributed by atoms with Gasteiger partial charge in [-0.25, -0.2) is 4.98 Å². The van der Waals surface area contributed by atoms with Crippen molar-refractivity contribution in [2.24, 2.45) is 0 Å². The Bertz CT molecular complexity index is 434. The van der Waals surface area contributed by atoms with Crippen LogP contribution in [0, 0.1) is 5.95 Å². The molecule has 0 unspecified atom stereocenters. The lowest BCUT2D eigenvalue weighted by atomic mass is 9.89. The third-order valence-corrected chi connectivity index (χ3v) is 2.99. The van der Waals surface area contributed by atoms with Gasteiger partial charge in [0.15, 0.2) is 0 Å². The van der Waals surface area contributed by atoms with E-state index in [1.807, 2.05) is 13.8 Å². The summed E-state index contributed by atoms with van der Waals surface area (Å²) in [5.74, 6) is -0.954. The molecule has 1 aromatic heterocycles. The number of pyridine rings is 1. The highest BCUT2D eigenvalue weighted by molar-refractivity contribution is 5.78. The Morgan fingerprint density at radius 3 is 2.60 bits per heavy atom. The number of aliphatic hydroxyl groups is 1. The van der Waals surface area contributed by atoms with Crippen molar-refractivity contribution in [3.8, 4) is 0 Å². The van der Waals surface area contributed by atoms with Gasteiger partial charge in [-0.3, -0.25) is 15.6 Å². The van der Waals surface area contributed by atoms with E-state index in [1.54, 1.807) is 0 Å². The average molecular weight is 283 g/mol. The van der Waals surface area contributed by atoms with E-state index in [2.05, 4.69) is 15.8 Å². The second kappa shape index (κ2) is 7.79. The van der Waals surface area contributed by atoms with Gasteiger partial charge in [0, 0.05) is 12.3 Å². The number of hydrazine groups is 1. The van der Waals surface area contributed by atoms with Crippen LogP contribution in [0.5, 0.6) is 0 Å². The van der Waals surface area contributed by atoms with Crippen LogP contribution in [0.25, 0.3) is 0 Å². The Morgan fingerprint density at radius 2 is 2.05 bits per heavy atom. The number of nitrogens with zero attached hydrogens (tertiary/aromatic N) is 1. The Kier molecular flexibility index (Phi) is 6.38. The van der Waals surface area contributed by atoms with Crippen LogP contribution in [0.3, 0.4) is 0 Å². The van der Waals surface area contributed by atoms with Gasteiger partial charge >= 0.3 is 0 Å². The number of anilines is 1. The molecule has 0 saturated heterocycles. The molecule has 0 fully saturated rings. The summed E-state index contributed by atoms with van der Waals surface area (Å²) >= 11 is 0. The first-order valence-corrected chi connectivity index (χ1v) is 6.88. The predicted octanol–water partition coefficient (Wildman–Crippen LogP) is 2.39. The maximum absolute atomic E-state index is 12.9. The second-order valence-electron chi connectivity index (χ2n) is 4.94. The maximum Gasteiger partial charge on any atom is 0.241 e. The van der Waals surface area contributed by atoms with E-state index in [1.165, 1.54) is 18.3 Å². The predicted molar refractivity (Wildman–Crippen MR) is 75.3 cm³/mol. The molecule has 0 aliphatic carbocycles. The maximum atomic E-state index is 12.9. The molecule has 1 amide bonds. The topological polar surface area (TPSA) is 74.2 Å². The largest absolute Gasteiger partial charge is 0.389 e. The van der Waals surface area contributed by atoms with E-state index in [9.17, 15) is 14.3 Å². The normalized spacial score (nSPS) is 11.2. The van der Waals surface area contributed by atoms with Crippen molar-refractivity contribution in [3.63, 3.8) is 0 Å². The molecular weight excluding hydrogens is 261 g/mol. The van der Waals surface area contributed by atoms with E-state index in [4.69, 9.17) is 0 Å². The highest BCUT2D eigenvalue weighted by Crippen LogP contribution is 2.23. The van der Waals surface area contributed by atoms with Crippen LogP contribution >= 0.6 is 0 Å². The average Bonchev–Trinajstić information content (AvgIpc) is 2.37. The summed E-state index contributed by atoms with van der Waals surface area (Å²) in [5, 5.41) is 10.4. The minimum Gasteiger partial charge on any atom is -0.389 e. The van der Waals surface area contributed by atoms with E-state index in [-0.39, 0.29) is 12.3 Å². The highest BCUT2D eigenvalue weighted by atomic mass is 19.1. The lowest BCUT2D eigenvalue weighted by molar-refractivity contribution is -0.126. The van der Waals surface area contributed by atoms with Crippen molar-refractivity contribution >= 4 is 11.6 Å². The first-order chi connectivity index (χ1) is 9.49. The van der Waals surface area contributed by atoms with Gasteiger partial charge in [-0.1, -0.05) is 26.7 Å². The molecule has 1 heterocycles. The fraction of sp³-hybridized carbons (Fsp3) is 0.571. The summed E-state index contributed by atoms with van der Waals surface area (Å²) < 4.78 is 12.9. The molecule has 0 saturated carbocycles. The van der Waals surface area contributed by atoms with Gasteiger partial charge in [-0.2, -0.15) is 4.39 Å². The van der Waals surface area contributed by atoms with Crippen molar-refractivity contribution < 1.29 is 14.3 Å². The number of halogens is 1. The molecule has 1 rings (SSSR count). The molecular formula is C14H22FN3O2. The molecule has 0 bridgehead atoms. The number of hydrogen-bond acceptors (Lipinski definition) is 4. The molecule has 0 spiro atoms. The molecule has 0 aliphatic rings. The van der Waals surface area contributed by atoms with E-state index in [0.29, 0.717) is 18.5 Å². The first-order valence-electron chi connectivity index (χ1n) is 6.88. The van der Waals surface area contributed by atoms with Gasteiger partial charge in [0.25, 0.3) is 0 Å². The summed E-state index contributed by atoms with van der Waals surface area (Å²) in [6.45, 7) is 3.94. The van der Waals surface area contributed by atoms with Crippen molar-refractivity contribution in [2.75, 3.05) is 5.43 Å². The molecule has 0 atom stereocenters. The minimum absolute atomic E-state index is 0.0231. The summed E-state index contributed by atoms with van der Waals surface area (Å²) in [5.41, 5.74) is 4.49. The number of aromatic nitrogens is 1. The van der Waals surface area contributed by atoms with Crippen LogP contribution in [0.1, 0.15) is 46.0 Å². The molecule has 20 heavy (non-hydrogen) atoms. The van der Waals surface area contributed by atoms with Crippen LogP contribution in [-0.4, -0.2) is 21.6 Å². The van der Waals surface area contributed by atoms with Gasteiger partial charge in [0.1, 0.15) is 0 Å². The number of nitrogens with one attached hydrogen (secondary N) is 2. The molecule has 6 heteroatoms. The summed E-state index contributed by atoms with van der Waals surface area (Å²) in [7, 11) is 0. The standard InChI is InChI=1S/C14H22FN3O2/c1-3-6-14(20,7-4-2)10-13(19)18-17-11-5-8-16-12(15)9-11/h5,8-9,20H,3-4,6-7,10H2,1-2H3,(H,16,17)(H,18,19). The van der Waals surface area contributed by atoms with Crippen molar-refractivity contribution in [1.82, 2.24) is 10.4 Å². The minimum atomic E-state index is -0.973. The molecule has 0 aromatic carbocycles. The zero-order valence-corrected chi connectivity index (χ0v) is 11.9. The van der Waals surface area contributed by atoms with Gasteiger partial charge < -0.3 is 5.11 Å². The van der Waals surface area contributed by atoms with Crippen molar-refractivity contribution in [3.05, 3.63) is 24.3 Å². The fourth-order valence-electron chi connectivity index (χ4n) is 2.20. The van der Waals surface area contributed by atoms with Gasteiger partial charge in [0.2, 0.25) is 11.9 Å². The van der Waals surface area contributed by atoms with Crippen LogP contribution in [0.2, 0.25) is 0 Å². The quantitative estimate of drug-likeness (QED) is 0.506. The van der Waals surface area contributed by atoms with Crippen LogP contribution in [0.15, 0.2) is 18.3 Å². The van der Waals surface area contributed by atoms with E-state index in [0.717, 1.165) is 12.8 Å². The zero-order valence-electron chi connectivity index (χ0n) is 11.9. The lowest BCUT2D eigenvalue weighted by Gasteiger charge is -2.26. The summed E-state index contributed by atoms with van der Waals surface area (Å²) in [6.07, 6.45) is 4.11. The number of carbonyl (C=O) groups excluding carboxylic acids is 1. The number of carbonyl (C=O) groups is 1.